The van der Waals surface area contributed by atoms with Crippen molar-refractivity contribution in [3.05, 3.63) is 71.8 Å². The van der Waals surface area contributed by atoms with Crippen molar-refractivity contribution in [2.24, 2.45) is 0 Å². The minimum atomic E-state index is -2.04. The van der Waals surface area contributed by atoms with Crippen LogP contribution < -0.4 is 10.6 Å². The Morgan fingerprint density at radius 2 is 1.30 bits per heavy atom. The molecule has 0 bridgehead atoms. The summed E-state index contributed by atoms with van der Waals surface area (Å²) in [5, 5.41) is 4.94. The maximum Gasteiger partial charge on any atom is 0.504 e. The lowest BCUT2D eigenvalue weighted by Gasteiger charge is -2.23. The molecule has 11 nitrogen and oxygen atoms in total. The Balaban J connectivity index is 2.01. The van der Waals surface area contributed by atoms with Gasteiger partial charge in [-0.15, -0.1) is 4.52 Å². The van der Waals surface area contributed by atoms with Gasteiger partial charge in [0.2, 0.25) is 5.91 Å². The molecule has 0 fully saturated rings. The zero-order valence-electron chi connectivity index (χ0n) is 23.1. The van der Waals surface area contributed by atoms with E-state index in [0.717, 1.165) is 11.1 Å². The number of ether oxygens (including phenoxy) is 3. The van der Waals surface area contributed by atoms with Gasteiger partial charge in [0.15, 0.2) is 12.7 Å². The molecule has 0 radical (unpaired) electrons. The minimum Gasteiger partial charge on any atom is -0.459 e. The number of benzene rings is 2. The van der Waals surface area contributed by atoms with E-state index in [4.69, 9.17) is 18.7 Å². The summed E-state index contributed by atoms with van der Waals surface area (Å²) in [5.74, 6) is -2.16. The van der Waals surface area contributed by atoms with Gasteiger partial charge in [0, 0.05) is 6.42 Å². The van der Waals surface area contributed by atoms with Crippen LogP contribution in [-0.4, -0.2) is 54.9 Å². The molecule has 40 heavy (non-hydrogen) atoms. The Labute approximate surface area is 234 Å². The second kappa shape index (κ2) is 16.3. The van der Waals surface area contributed by atoms with Gasteiger partial charge in [0.1, 0.15) is 31.5 Å². The third kappa shape index (κ3) is 13.3. The second-order valence-electron chi connectivity index (χ2n) is 9.78. The summed E-state index contributed by atoms with van der Waals surface area (Å²) in [5.41, 5.74) is 0.678. The Morgan fingerprint density at radius 1 is 0.800 bits per heavy atom. The van der Waals surface area contributed by atoms with E-state index in [1.54, 1.807) is 69.3 Å². The summed E-state index contributed by atoms with van der Waals surface area (Å²) >= 11 is 0. The minimum absolute atomic E-state index is 0.0275. The first kappa shape index (κ1) is 32.4. The maximum absolute atomic E-state index is 12.8. The standard InChI is InChI=1S/C28H35N2O9P/c1-28(2,3)39-27(34)30-22(25(32)36-17-20-11-7-5-8-12-20)15-16-24(31)29-23(19-38-40(4)35)26(33)37-18-21-13-9-6-10-14-21/h5-14,22-23H,15-19H2,1-4H3,(H-,29,30,31,34)/p+1. The molecule has 216 valence electrons. The van der Waals surface area contributed by atoms with Crippen LogP contribution in [0.2, 0.25) is 0 Å². The summed E-state index contributed by atoms with van der Waals surface area (Å²) in [6.07, 6.45) is -1.26. The Kier molecular flexibility index (Phi) is 13.2. The number of hydrogen-bond acceptors (Lipinski definition) is 9. The average molecular weight is 576 g/mol. The van der Waals surface area contributed by atoms with Crippen LogP contribution in [0.15, 0.2) is 60.7 Å². The third-order valence-corrected chi connectivity index (χ3v) is 5.64. The van der Waals surface area contributed by atoms with E-state index in [-0.39, 0.29) is 32.7 Å². The molecule has 3 unspecified atom stereocenters. The van der Waals surface area contributed by atoms with Gasteiger partial charge in [-0.2, -0.15) is 0 Å². The Bertz CT molecular complexity index is 1140. The predicted octanol–water partition coefficient (Wildman–Crippen LogP) is 4.02. The highest BCUT2D eigenvalue weighted by Crippen LogP contribution is 2.16. The summed E-state index contributed by atoms with van der Waals surface area (Å²) in [4.78, 5) is 50.6. The highest BCUT2D eigenvalue weighted by atomic mass is 31.1. The molecule has 0 saturated heterocycles. The van der Waals surface area contributed by atoms with E-state index in [9.17, 15) is 23.7 Å². The van der Waals surface area contributed by atoms with Crippen molar-refractivity contribution in [3.63, 3.8) is 0 Å². The molecular formula is C28H36N2O9P+. The molecule has 3 atom stereocenters. The predicted molar refractivity (Wildman–Crippen MR) is 146 cm³/mol. The number of carbonyl (C=O) groups excluding carboxylic acids is 4. The van der Waals surface area contributed by atoms with Gasteiger partial charge in [-0.25, -0.2) is 14.4 Å². The normalized spacial score (nSPS) is 12.8. The number of esters is 2. The van der Waals surface area contributed by atoms with Crippen molar-refractivity contribution in [2.75, 3.05) is 13.3 Å². The molecule has 0 aliphatic rings. The quantitative estimate of drug-likeness (QED) is 0.194. The maximum atomic E-state index is 12.8. The van der Waals surface area contributed by atoms with Crippen molar-refractivity contribution >= 4 is 32.0 Å². The highest BCUT2D eigenvalue weighted by molar-refractivity contribution is 7.38. The van der Waals surface area contributed by atoms with Crippen LogP contribution in [0.3, 0.4) is 0 Å². The van der Waals surface area contributed by atoms with Crippen LogP contribution in [-0.2, 0) is 50.9 Å². The van der Waals surface area contributed by atoms with Gasteiger partial charge >= 0.3 is 26.1 Å². The first-order chi connectivity index (χ1) is 18.9. The lowest BCUT2D eigenvalue weighted by molar-refractivity contribution is -0.150. The molecule has 2 aromatic rings. The van der Waals surface area contributed by atoms with Crippen LogP contribution >= 0.6 is 8.03 Å². The molecule has 2 N–H and O–H groups in total. The van der Waals surface area contributed by atoms with E-state index in [2.05, 4.69) is 10.6 Å². The number of amides is 2. The fraction of sp³-hybridized carbons (Fsp3) is 0.429. The van der Waals surface area contributed by atoms with Crippen molar-refractivity contribution < 1.29 is 42.5 Å². The summed E-state index contributed by atoms with van der Waals surface area (Å²) in [6.45, 7) is 5.91. The van der Waals surface area contributed by atoms with E-state index in [0.29, 0.717) is 0 Å². The highest BCUT2D eigenvalue weighted by Gasteiger charge is 2.29. The van der Waals surface area contributed by atoms with Crippen LogP contribution in [0.5, 0.6) is 0 Å². The third-order valence-electron chi connectivity index (χ3n) is 5.13. The molecule has 0 spiro atoms. The SMILES string of the molecule is C[P+](=O)OCC(NC(=O)CCC(NC(=O)OC(C)(C)C)C(=O)OCc1ccccc1)C(=O)OCc1ccccc1. The molecule has 0 heterocycles. The van der Waals surface area contributed by atoms with Crippen LogP contribution in [0.25, 0.3) is 0 Å². The van der Waals surface area contributed by atoms with Gasteiger partial charge < -0.3 is 24.8 Å². The van der Waals surface area contributed by atoms with E-state index < -0.39 is 49.7 Å². The molecule has 2 amide bonds. The molecular weight excluding hydrogens is 539 g/mol. The van der Waals surface area contributed by atoms with Gasteiger partial charge in [0.25, 0.3) is 0 Å². The van der Waals surface area contributed by atoms with Gasteiger partial charge in [-0.1, -0.05) is 60.7 Å². The first-order valence-electron chi connectivity index (χ1n) is 12.7. The number of hydrogen-bond donors (Lipinski definition) is 2. The molecule has 0 aliphatic carbocycles. The van der Waals surface area contributed by atoms with Crippen LogP contribution in [0.4, 0.5) is 4.79 Å². The van der Waals surface area contributed by atoms with Gasteiger partial charge in [0.05, 0.1) is 0 Å². The fourth-order valence-electron chi connectivity index (χ4n) is 3.25. The van der Waals surface area contributed by atoms with E-state index in [1.807, 2.05) is 12.1 Å². The Morgan fingerprint density at radius 3 is 1.77 bits per heavy atom. The molecule has 0 aliphatic heterocycles. The van der Waals surface area contributed by atoms with Crippen molar-refractivity contribution in [1.82, 2.24) is 10.6 Å². The van der Waals surface area contributed by atoms with Crippen LogP contribution in [0, 0.1) is 0 Å². The van der Waals surface area contributed by atoms with E-state index in [1.165, 1.54) is 6.66 Å². The lowest BCUT2D eigenvalue weighted by atomic mass is 10.1. The smallest absolute Gasteiger partial charge is 0.459 e. The summed E-state index contributed by atoms with van der Waals surface area (Å²) in [6, 6.07) is 15.5. The zero-order chi connectivity index (χ0) is 29.5. The molecule has 12 heteroatoms. The topological polar surface area (TPSA) is 146 Å². The monoisotopic (exact) mass is 575 g/mol. The summed E-state index contributed by atoms with van der Waals surface area (Å²) in [7, 11) is -2.04. The molecule has 2 rings (SSSR count). The number of rotatable bonds is 14. The lowest BCUT2D eigenvalue weighted by Crippen LogP contribution is -2.47. The van der Waals surface area contributed by atoms with E-state index >= 15 is 0 Å². The van der Waals surface area contributed by atoms with Crippen molar-refractivity contribution in [2.45, 2.75) is 64.5 Å². The average Bonchev–Trinajstić information content (AvgIpc) is 2.90. The zero-order valence-corrected chi connectivity index (χ0v) is 24.0. The Hall–Kier alpha value is -3.82. The van der Waals surface area contributed by atoms with Crippen molar-refractivity contribution in [3.8, 4) is 0 Å². The first-order valence-corrected chi connectivity index (χ1v) is 14.3. The largest absolute Gasteiger partial charge is 0.504 e. The second-order valence-corrected chi connectivity index (χ2v) is 10.9. The summed E-state index contributed by atoms with van der Waals surface area (Å²) < 4.78 is 32.4. The van der Waals surface area contributed by atoms with Crippen molar-refractivity contribution in [1.29, 1.82) is 0 Å². The molecule has 0 aromatic heterocycles. The van der Waals surface area contributed by atoms with Crippen LogP contribution in [0.1, 0.15) is 44.7 Å². The number of carbonyl (C=O) groups is 4. The number of nitrogens with one attached hydrogen (secondary N) is 2. The van der Waals surface area contributed by atoms with Gasteiger partial charge in [-0.3, -0.25) is 4.79 Å². The fourth-order valence-corrected chi connectivity index (χ4v) is 3.61. The van der Waals surface area contributed by atoms with Gasteiger partial charge in [-0.05, 0) is 42.9 Å². The number of alkyl carbamates (subject to hydrolysis) is 1. The molecule has 0 saturated carbocycles. The molecule has 2 aromatic carbocycles.